The number of nitrogens with one attached hydrogen (secondary N) is 1. The van der Waals surface area contributed by atoms with Crippen LogP contribution in [0.25, 0.3) is 0 Å². The van der Waals surface area contributed by atoms with E-state index in [9.17, 15) is 0 Å². The molecule has 18 heavy (non-hydrogen) atoms. The van der Waals surface area contributed by atoms with Gasteiger partial charge in [-0.2, -0.15) is 0 Å². The van der Waals surface area contributed by atoms with E-state index in [1.165, 1.54) is 32.2 Å². The lowest BCUT2D eigenvalue weighted by Crippen LogP contribution is -2.41. The van der Waals surface area contributed by atoms with Crippen molar-refractivity contribution in [2.24, 2.45) is 11.8 Å². The summed E-state index contributed by atoms with van der Waals surface area (Å²) in [6.45, 7) is 9.28. The first-order chi connectivity index (χ1) is 8.62. The third-order valence-corrected chi connectivity index (χ3v) is 5.41. The van der Waals surface area contributed by atoms with Crippen molar-refractivity contribution in [1.82, 2.24) is 5.32 Å². The predicted molar refractivity (Wildman–Crippen MR) is 81.3 cm³/mol. The zero-order chi connectivity index (χ0) is 13.0. The molecule has 0 spiro atoms. The molecule has 0 saturated heterocycles. The van der Waals surface area contributed by atoms with Crippen molar-refractivity contribution in [3.63, 3.8) is 0 Å². The van der Waals surface area contributed by atoms with Crippen molar-refractivity contribution in [3.8, 4) is 0 Å². The maximum Gasteiger partial charge on any atom is 0.0172 e. The molecule has 0 atom stereocenters. The first-order valence-electron chi connectivity index (χ1n) is 7.37. The van der Waals surface area contributed by atoms with Crippen LogP contribution in [0, 0.1) is 11.8 Å². The van der Waals surface area contributed by atoms with E-state index in [0.29, 0.717) is 5.41 Å². The van der Waals surface area contributed by atoms with Crippen LogP contribution in [0.15, 0.2) is 17.5 Å². The Morgan fingerprint density at radius 2 is 2.11 bits per heavy atom. The fourth-order valence-electron chi connectivity index (χ4n) is 3.01. The summed E-state index contributed by atoms with van der Waals surface area (Å²) in [5, 5.41) is 5.94. The molecule has 1 aromatic rings. The Bertz CT molecular complexity index is 334. The summed E-state index contributed by atoms with van der Waals surface area (Å²) >= 11 is 1.95. The Labute approximate surface area is 116 Å². The highest BCUT2D eigenvalue weighted by Crippen LogP contribution is 2.42. The van der Waals surface area contributed by atoms with Gasteiger partial charge in [0.05, 0.1) is 0 Å². The molecule has 102 valence electrons. The molecule has 0 bridgehead atoms. The molecule has 1 nitrogen and oxygen atoms in total. The summed E-state index contributed by atoms with van der Waals surface area (Å²) in [5.74, 6) is 1.66. The number of hydrogen-bond acceptors (Lipinski definition) is 2. The summed E-state index contributed by atoms with van der Waals surface area (Å²) in [6, 6.07) is 4.56. The second-order valence-corrected chi connectivity index (χ2v) is 7.41. The molecule has 0 aromatic carbocycles. The minimum atomic E-state index is 0.426. The molecule has 1 heterocycles. The van der Waals surface area contributed by atoms with Crippen LogP contribution < -0.4 is 5.32 Å². The van der Waals surface area contributed by atoms with Gasteiger partial charge in [0.1, 0.15) is 0 Å². The lowest BCUT2D eigenvalue weighted by atomic mass is 9.70. The van der Waals surface area contributed by atoms with Crippen molar-refractivity contribution < 1.29 is 0 Å². The SMILES string of the molecule is CC(C)CNCC1(c2cccs2)CCC(C)CC1. The Morgan fingerprint density at radius 1 is 1.39 bits per heavy atom. The first-order valence-corrected chi connectivity index (χ1v) is 8.25. The Balaban J connectivity index is 2.03. The van der Waals surface area contributed by atoms with E-state index < -0.39 is 0 Å². The third kappa shape index (κ3) is 3.36. The molecular weight excluding hydrogens is 238 g/mol. The normalized spacial score (nSPS) is 28.8. The summed E-state index contributed by atoms with van der Waals surface area (Å²) in [7, 11) is 0. The molecule has 1 saturated carbocycles. The Kier molecular flexibility index (Phi) is 4.85. The summed E-state index contributed by atoms with van der Waals surface area (Å²) in [4.78, 5) is 1.60. The van der Waals surface area contributed by atoms with Crippen molar-refractivity contribution in [2.45, 2.75) is 51.9 Å². The smallest absolute Gasteiger partial charge is 0.0172 e. The van der Waals surface area contributed by atoms with Gasteiger partial charge in [0.25, 0.3) is 0 Å². The number of thiophene rings is 1. The first kappa shape index (κ1) is 14.1. The standard InChI is InChI=1S/C16H27NS/c1-13(2)11-17-12-16(15-5-4-10-18-15)8-6-14(3)7-9-16/h4-5,10,13-14,17H,6-9,11-12H2,1-3H3. The largest absolute Gasteiger partial charge is 0.316 e. The van der Waals surface area contributed by atoms with Gasteiger partial charge in [-0.15, -0.1) is 11.3 Å². The molecule has 0 unspecified atom stereocenters. The second-order valence-electron chi connectivity index (χ2n) is 6.46. The van der Waals surface area contributed by atoms with Crippen LogP contribution in [-0.2, 0) is 5.41 Å². The van der Waals surface area contributed by atoms with E-state index in [0.717, 1.165) is 18.4 Å². The average Bonchev–Trinajstić information content (AvgIpc) is 2.86. The van der Waals surface area contributed by atoms with E-state index in [1.807, 2.05) is 11.3 Å². The van der Waals surface area contributed by atoms with E-state index in [1.54, 1.807) is 4.88 Å². The number of rotatable bonds is 5. The number of hydrogen-bond donors (Lipinski definition) is 1. The zero-order valence-corrected chi connectivity index (χ0v) is 12.9. The van der Waals surface area contributed by atoms with Crippen molar-refractivity contribution in [1.29, 1.82) is 0 Å². The van der Waals surface area contributed by atoms with Gasteiger partial charge in [-0.1, -0.05) is 26.8 Å². The van der Waals surface area contributed by atoms with Crippen molar-refractivity contribution in [3.05, 3.63) is 22.4 Å². The topological polar surface area (TPSA) is 12.0 Å². The van der Waals surface area contributed by atoms with Gasteiger partial charge < -0.3 is 5.32 Å². The maximum atomic E-state index is 3.71. The molecule has 1 aliphatic rings. The van der Waals surface area contributed by atoms with E-state index in [4.69, 9.17) is 0 Å². The molecule has 0 aliphatic heterocycles. The van der Waals surface area contributed by atoms with Gasteiger partial charge in [-0.3, -0.25) is 0 Å². The molecule has 2 heteroatoms. The van der Waals surface area contributed by atoms with Crippen LogP contribution in [0.3, 0.4) is 0 Å². The fraction of sp³-hybridized carbons (Fsp3) is 0.750. The predicted octanol–water partition coefficient (Wildman–Crippen LogP) is 4.44. The zero-order valence-electron chi connectivity index (χ0n) is 12.0. The molecule has 0 radical (unpaired) electrons. The van der Waals surface area contributed by atoms with Crippen molar-refractivity contribution >= 4 is 11.3 Å². The minimum Gasteiger partial charge on any atom is -0.316 e. The highest BCUT2D eigenvalue weighted by molar-refractivity contribution is 7.10. The van der Waals surface area contributed by atoms with Crippen LogP contribution >= 0.6 is 11.3 Å². The van der Waals surface area contributed by atoms with E-state index >= 15 is 0 Å². The van der Waals surface area contributed by atoms with E-state index in [-0.39, 0.29) is 0 Å². The minimum absolute atomic E-state index is 0.426. The second kappa shape index (κ2) is 6.21. The third-order valence-electron chi connectivity index (χ3n) is 4.29. The van der Waals surface area contributed by atoms with Gasteiger partial charge in [-0.05, 0) is 55.5 Å². The fourth-order valence-corrected chi connectivity index (χ4v) is 3.99. The molecule has 1 fully saturated rings. The Morgan fingerprint density at radius 3 is 2.67 bits per heavy atom. The molecule has 0 amide bonds. The van der Waals surface area contributed by atoms with Gasteiger partial charge >= 0.3 is 0 Å². The quantitative estimate of drug-likeness (QED) is 0.830. The highest BCUT2D eigenvalue weighted by atomic mass is 32.1. The highest BCUT2D eigenvalue weighted by Gasteiger charge is 2.36. The lowest BCUT2D eigenvalue weighted by Gasteiger charge is -2.39. The molecule has 1 aromatic heterocycles. The van der Waals surface area contributed by atoms with Crippen LogP contribution in [0.2, 0.25) is 0 Å². The van der Waals surface area contributed by atoms with E-state index in [2.05, 4.69) is 43.6 Å². The lowest BCUT2D eigenvalue weighted by molar-refractivity contribution is 0.235. The van der Waals surface area contributed by atoms with Gasteiger partial charge in [0, 0.05) is 16.8 Å². The van der Waals surface area contributed by atoms with Crippen molar-refractivity contribution in [2.75, 3.05) is 13.1 Å². The summed E-state index contributed by atoms with van der Waals surface area (Å²) in [5.41, 5.74) is 0.426. The maximum absolute atomic E-state index is 3.71. The monoisotopic (exact) mass is 265 g/mol. The van der Waals surface area contributed by atoms with Gasteiger partial charge in [0.15, 0.2) is 0 Å². The molecular formula is C16H27NS. The molecule has 1 N–H and O–H groups in total. The summed E-state index contributed by atoms with van der Waals surface area (Å²) in [6.07, 6.45) is 5.50. The van der Waals surface area contributed by atoms with Gasteiger partial charge in [0.2, 0.25) is 0 Å². The Hall–Kier alpha value is -0.340. The van der Waals surface area contributed by atoms with Crippen LogP contribution in [0.4, 0.5) is 0 Å². The van der Waals surface area contributed by atoms with Crippen LogP contribution in [-0.4, -0.2) is 13.1 Å². The van der Waals surface area contributed by atoms with Crippen LogP contribution in [0.1, 0.15) is 51.3 Å². The molecule has 1 aliphatic carbocycles. The van der Waals surface area contributed by atoms with Gasteiger partial charge in [-0.25, -0.2) is 0 Å². The molecule has 2 rings (SSSR count). The van der Waals surface area contributed by atoms with Crippen LogP contribution in [0.5, 0.6) is 0 Å². The average molecular weight is 265 g/mol. The summed E-state index contributed by atoms with van der Waals surface area (Å²) < 4.78 is 0.